The first-order chi connectivity index (χ1) is 7.58. The summed E-state index contributed by atoms with van der Waals surface area (Å²) in [5, 5.41) is 0. The average Bonchev–Trinajstić information content (AvgIpc) is 2.28. The third-order valence-electron chi connectivity index (χ3n) is 4.42. The van der Waals surface area contributed by atoms with Gasteiger partial charge in [-0.1, -0.05) is 86.0 Å². The molecular formula is C16H34. The molecule has 0 aromatic carbocycles. The lowest BCUT2D eigenvalue weighted by Gasteiger charge is -2.33. The Bertz CT molecular complexity index is 146. The summed E-state index contributed by atoms with van der Waals surface area (Å²) in [7, 11) is 0. The molecule has 0 spiro atoms. The standard InChI is InChI=1S/C16H34/c1-6-9-10-11-12-13-14-15(7-2)16(4,5)8-3/h15H,6-14H2,1-5H3. The second kappa shape index (κ2) is 9.07. The SMILES string of the molecule is CCCCCCCCC(CC)C(C)(C)CC. The van der Waals surface area contributed by atoms with Crippen molar-refractivity contribution in [1.29, 1.82) is 0 Å². The first-order valence-electron chi connectivity index (χ1n) is 7.58. The molecule has 98 valence electrons. The van der Waals surface area contributed by atoms with Crippen molar-refractivity contribution in [1.82, 2.24) is 0 Å². The smallest absolute Gasteiger partial charge is 0.0329 e. The van der Waals surface area contributed by atoms with Crippen LogP contribution in [0.3, 0.4) is 0 Å². The van der Waals surface area contributed by atoms with Gasteiger partial charge in [-0.05, 0) is 17.8 Å². The summed E-state index contributed by atoms with van der Waals surface area (Å²) in [6, 6.07) is 0. The minimum absolute atomic E-state index is 0.554. The maximum atomic E-state index is 2.44. The Labute approximate surface area is 104 Å². The lowest BCUT2D eigenvalue weighted by atomic mass is 9.73. The van der Waals surface area contributed by atoms with Crippen LogP contribution in [0, 0.1) is 11.3 Å². The molecule has 0 saturated carbocycles. The third-order valence-corrected chi connectivity index (χ3v) is 4.42. The maximum Gasteiger partial charge on any atom is -0.0329 e. The van der Waals surface area contributed by atoms with E-state index in [1.165, 1.54) is 57.8 Å². The summed E-state index contributed by atoms with van der Waals surface area (Å²) in [6.07, 6.45) is 12.7. The van der Waals surface area contributed by atoms with Crippen LogP contribution in [-0.2, 0) is 0 Å². The molecule has 0 aliphatic rings. The molecule has 0 aliphatic carbocycles. The molecule has 1 unspecified atom stereocenters. The zero-order valence-corrected chi connectivity index (χ0v) is 12.4. The fraction of sp³-hybridized carbons (Fsp3) is 1.00. The summed E-state index contributed by atoms with van der Waals surface area (Å²) in [6.45, 7) is 11.9. The van der Waals surface area contributed by atoms with Gasteiger partial charge < -0.3 is 0 Å². The summed E-state index contributed by atoms with van der Waals surface area (Å²) >= 11 is 0. The van der Waals surface area contributed by atoms with Crippen molar-refractivity contribution >= 4 is 0 Å². The predicted molar refractivity (Wildman–Crippen MR) is 75.8 cm³/mol. The van der Waals surface area contributed by atoms with Gasteiger partial charge in [0.25, 0.3) is 0 Å². The van der Waals surface area contributed by atoms with Gasteiger partial charge in [-0.15, -0.1) is 0 Å². The summed E-state index contributed by atoms with van der Waals surface area (Å²) < 4.78 is 0. The van der Waals surface area contributed by atoms with Crippen LogP contribution in [-0.4, -0.2) is 0 Å². The third kappa shape index (κ3) is 6.55. The fourth-order valence-corrected chi connectivity index (χ4v) is 2.61. The highest BCUT2D eigenvalue weighted by atomic mass is 14.3. The van der Waals surface area contributed by atoms with Gasteiger partial charge in [0.2, 0.25) is 0 Å². The van der Waals surface area contributed by atoms with E-state index in [1.54, 1.807) is 0 Å². The van der Waals surface area contributed by atoms with Crippen LogP contribution in [0.1, 0.15) is 92.4 Å². The van der Waals surface area contributed by atoms with Crippen LogP contribution in [0.25, 0.3) is 0 Å². The molecule has 0 fully saturated rings. The lowest BCUT2D eigenvalue weighted by Crippen LogP contribution is -2.22. The van der Waals surface area contributed by atoms with E-state index in [0.29, 0.717) is 5.41 Å². The molecule has 0 heterocycles. The summed E-state index contributed by atoms with van der Waals surface area (Å²) in [5.74, 6) is 0.934. The second-order valence-corrected chi connectivity index (χ2v) is 6.00. The highest BCUT2D eigenvalue weighted by Gasteiger charge is 2.25. The molecule has 0 rings (SSSR count). The Morgan fingerprint density at radius 3 is 1.88 bits per heavy atom. The van der Waals surface area contributed by atoms with Crippen molar-refractivity contribution in [3.8, 4) is 0 Å². The first kappa shape index (κ1) is 16.0. The molecule has 0 nitrogen and oxygen atoms in total. The van der Waals surface area contributed by atoms with Crippen LogP contribution < -0.4 is 0 Å². The van der Waals surface area contributed by atoms with E-state index >= 15 is 0 Å². The quantitative estimate of drug-likeness (QED) is 0.389. The summed E-state index contributed by atoms with van der Waals surface area (Å²) in [4.78, 5) is 0. The van der Waals surface area contributed by atoms with Gasteiger partial charge >= 0.3 is 0 Å². The largest absolute Gasteiger partial charge is 0.0654 e. The maximum absolute atomic E-state index is 2.44. The Morgan fingerprint density at radius 2 is 1.38 bits per heavy atom. The molecule has 0 aromatic rings. The number of rotatable bonds is 10. The molecule has 0 aliphatic heterocycles. The van der Waals surface area contributed by atoms with Crippen molar-refractivity contribution in [3.63, 3.8) is 0 Å². The van der Waals surface area contributed by atoms with Crippen molar-refractivity contribution in [2.24, 2.45) is 11.3 Å². The van der Waals surface area contributed by atoms with Gasteiger partial charge in [0.05, 0.1) is 0 Å². The van der Waals surface area contributed by atoms with Crippen molar-refractivity contribution < 1.29 is 0 Å². The van der Waals surface area contributed by atoms with Crippen molar-refractivity contribution in [3.05, 3.63) is 0 Å². The number of unbranched alkanes of at least 4 members (excludes halogenated alkanes) is 5. The normalized spacial score (nSPS) is 14.1. The van der Waals surface area contributed by atoms with Gasteiger partial charge in [0.1, 0.15) is 0 Å². The molecule has 0 heteroatoms. The van der Waals surface area contributed by atoms with Crippen LogP contribution in [0.2, 0.25) is 0 Å². The Balaban J connectivity index is 3.64. The molecule has 0 bridgehead atoms. The zero-order valence-electron chi connectivity index (χ0n) is 12.4. The van der Waals surface area contributed by atoms with Crippen molar-refractivity contribution in [2.75, 3.05) is 0 Å². The zero-order chi connectivity index (χ0) is 12.4. The van der Waals surface area contributed by atoms with Crippen LogP contribution >= 0.6 is 0 Å². The van der Waals surface area contributed by atoms with Crippen LogP contribution in [0.4, 0.5) is 0 Å². The molecule has 0 aromatic heterocycles. The Kier molecular flexibility index (Phi) is 9.07. The topological polar surface area (TPSA) is 0 Å². The highest BCUT2D eigenvalue weighted by molar-refractivity contribution is 4.76. The van der Waals surface area contributed by atoms with Gasteiger partial charge in [0.15, 0.2) is 0 Å². The molecule has 0 amide bonds. The van der Waals surface area contributed by atoms with Gasteiger partial charge in [0, 0.05) is 0 Å². The first-order valence-corrected chi connectivity index (χ1v) is 7.58. The van der Waals surface area contributed by atoms with Crippen molar-refractivity contribution in [2.45, 2.75) is 92.4 Å². The fourth-order valence-electron chi connectivity index (χ4n) is 2.61. The molecule has 1 atom stereocenters. The van der Waals surface area contributed by atoms with E-state index in [4.69, 9.17) is 0 Å². The van der Waals surface area contributed by atoms with Gasteiger partial charge in [-0.3, -0.25) is 0 Å². The Morgan fingerprint density at radius 1 is 0.812 bits per heavy atom. The minimum Gasteiger partial charge on any atom is -0.0654 e. The van der Waals surface area contributed by atoms with Crippen LogP contribution in [0.15, 0.2) is 0 Å². The van der Waals surface area contributed by atoms with E-state index in [0.717, 1.165) is 5.92 Å². The average molecular weight is 226 g/mol. The van der Waals surface area contributed by atoms with E-state index in [2.05, 4.69) is 34.6 Å². The van der Waals surface area contributed by atoms with E-state index in [9.17, 15) is 0 Å². The van der Waals surface area contributed by atoms with Gasteiger partial charge in [-0.2, -0.15) is 0 Å². The van der Waals surface area contributed by atoms with E-state index < -0.39 is 0 Å². The molecule has 0 saturated heterocycles. The molecular weight excluding hydrogens is 192 g/mol. The number of hydrogen-bond donors (Lipinski definition) is 0. The molecule has 0 N–H and O–H groups in total. The predicted octanol–water partition coefficient (Wildman–Crippen LogP) is 6.20. The van der Waals surface area contributed by atoms with E-state index in [-0.39, 0.29) is 0 Å². The highest BCUT2D eigenvalue weighted by Crippen LogP contribution is 2.36. The lowest BCUT2D eigenvalue weighted by molar-refractivity contribution is 0.180. The van der Waals surface area contributed by atoms with Crippen LogP contribution in [0.5, 0.6) is 0 Å². The number of hydrogen-bond acceptors (Lipinski definition) is 0. The second-order valence-electron chi connectivity index (χ2n) is 6.00. The minimum atomic E-state index is 0.554. The van der Waals surface area contributed by atoms with Gasteiger partial charge in [-0.25, -0.2) is 0 Å². The summed E-state index contributed by atoms with van der Waals surface area (Å²) in [5.41, 5.74) is 0.554. The van der Waals surface area contributed by atoms with E-state index in [1.807, 2.05) is 0 Å². The molecule has 0 radical (unpaired) electrons. The Hall–Kier alpha value is 0. The monoisotopic (exact) mass is 226 g/mol. The molecule has 16 heavy (non-hydrogen) atoms.